The lowest BCUT2D eigenvalue weighted by molar-refractivity contribution is 0.0792. The lowest BCUT2D eigenvalue weighted by Gasteiger charge is -2.26. The van der Waals surface area contributed by atoms with E-state index < -0.39 is 0 Å². The van der Waals surface area contributed by atoms with Crippen molar-refractivity contribution in [2.45, 2.75) is 52.9 Å². The molecule has 0 aromatic rings. The molecule has 0 aliphatic heterocycles. The Morgan fingerprint density at radius 3 is 2.93 bits per heavy atom. The van der Waals surface area contributed by atoms with Crippen molar-refractivity contribution in [2.24, 2.45) is 11.8 Å². The van der Waals surface area contributed by atoms with Gasteiger partial charge in [-0.2, -0.15) is 0 Å². The molecule has 0 bridgehead atoms. The summed E-state index contributed by atoms with van der Waals surface area (Å²) >= 11 is 0. The Morgan fingerprint density at radius 2 is 2.33 bits per heavy atom. The number of hydrogen-bond donors (Lipinski definition) is 0. The van der Waals surface area contributed by atoms with E-state index in [-0.39, 0.29) is 0 Å². The molecule has 0 saturated heterocycles. The molecule has 1 aliphatic carbocycles. The lowest BCUT2D eigenvalue weighted by atomic mass is 9.82. The van der Waals surface area contributed by atoms with Crippen LogP contribution in [-0.4, -0.2) is 13.2 Å². The Balaban J connectivity index is 2.14. The first-order chi connectivity index (χ1) is 7.24. The number of ether oxygens (including phenoxy) is 1. The van der Waals surface area contributed by atoms with Crippen molar-refractivity contribution in [3.63, 3.8) is 0 Å². The molecule has 0 radical (unpaired) electrons. The second-order valence-corrected chi connectivity index (χ2v) is 4.99. The van der Waals surface area contributed by atoms with Crippen LogP contribution in [0, 0.1) is 11.8 Å². The quantitative estimate of drug-likeness (QED) is 0.472. The number of hydrogen-bond acceptors (Lipinski definition) is 1. The predicted octanol–water partition coefficient (Wildman–Crippen LogP) is 4.19. The Hall–Kier alpha value is -0.300. The van der Waals surface area contributed by atoms with Crippen LogP contribution in [0.15, 0.2) is 11.6 Å². The summed E-state index contributed by atoms with van der Waals surface area (Å²) in [6, 6.07) is 0. The highest BCUT2D eigenvalue weighted by Gasteiger charge is 2.19. The zero-order valence-corrected chi connectivity index (χ0v) is 10.6. The third-order valence-electron chi connectivity index (χ3n) is 3.51. The van der Waals surface area contributed by atoms with Crippen LogP contribution in [0.4, 0.5) is 0 Å². The molecule has 0 aromatic carbocycles. The third kappa shape index (κ3) is 4.83. The van der Waals surface area contributed by atoms with Gasteiger partial charge in [0.25, 0.3) is 0 Å². The molecule has 1 rings (SSSR count). The Bertz CT molecular complexity index is 196. The van der Waals surface area contributed by atoms with Crippen LogP contribution < -0.4 is 0 Å². The standard InChI is InChI=1S/C14H26O/c1-4-5-10-15-11-13(3)14-8-6-12(2)7-9-14/h6,13-14H,4-5,7-11H2,1-3H3. The first kappa shape index (κ1) is 12.8. The van der Waals surface area contributed by atoms with Crippen molar-refractivity contribution in [3.05, 3.63) is 11.6 Å². The van der Waals surface area contributed by atoms with Crippen LogP contribution in [0.1, 0.15) is 52.9 Å². The maximum absolute atomic E-state index is 5.70. The van der Waals surface area contributed by atoms with E-state index in [1.54, 1.807) is 5.57 Å². The van der Waals surface area contributed by atoms with Gasteiger partial charge in [0, 0.05) is 13.2 Å². The molecule has 0 spiro atoms. The van der Waals surface area contributed by atoms with Crippen LogP contribution >= 0.6 is 0 Å². The van der Waals surface area contributed by atoms with Crippen molar-refractivity contribution in [1.82, 2.24) is 0 Å². The van der Waals surface area contributed by atoms with Gasteiger partial charge >= 0.3 is 0 Å². The van der Waals surface area contributed by atoms with E-state index in [4.69, 9.17) is 4.74 Å². The summed E-state index contributed by atoms with van der Waals surface area (Å²) in [6.07, 6.45) is 8.78. The molecular formula is C14H26O. The molecule has 2 atom stereocenters. The Morgan fingerprint density at radius 1 is 1.53 bits per heavy atom. The highest BCUT2D eigenvalue weighted by Crippen LogP contribution is 2.29. The molecular weight excluding hydrogens is 184 g/mol. The smallest absolute Gasteiger partial charge is 0.0494 e. The lowest BCUT2D eigenvalue weighted by Crippen LogP contribution is -2.19. The van der Waals surface area contributed by atoms with Gasteiger partial charge < -0.3 is 4.74 Å². The average Bonchev–Trinajstić information content (AvgIpc) is 2.25. The number of unbranched alkanes of at least 4 members (excludes halogenated alkanes) is 1. The van der Waals surface area contributed by atoms with Gasteiger partial charge in [-0.1, -0.05) is 31.9 Å². The van der Waals surface area contributed by atoms with E-state index >= 15 is 0 Å². The van der Waals surface area contributed by atoms with E-state index in [1.807, 2.05) is 0 Å². The van der Waals surface area contributed by atoms with Crippen molar-refractivity contribution < 1.29 is 4.74 Å². The van der Waals surface area contributed by atoms with Crippen molar-refractivity contribution >= 4 is 0 Å². The molecule has 1 heteroatoms. The van der Waals surface area contributed by atoms with E-state index in [2.05, 4.69) is 26.8 Å². The van der Waals surface area contributed by atoms with E-state index in [0.29, 0.717) is 0 Å². The SMILES string of the molecule is CCCCOCC(C)C1CC=C(C)CC1. The molecule has 0 saturated carbocycles. The molecule has 0 N–H and O–H groups in total. The second kappa shape index (κ2) is 7.05. The summed E-state index contributed by atoms with van der Waals surface area (Å²) in [5, 5.41) is 0. The summed E-state index contributed by atoms with van der Waals surface area (Å²) in [4.78, 5) is 0. The minimum atomic E-state index is 0.728. The fraction of sp³-hybridized carbons (Fsp3) is 0.857. The van der Waals surface area contributed by atoms with Gasteiger partial charge in [-0.3, -0.25) is 0 Å². The summed E-state index contributed by atoms with van der Waals surface area (Å²) in [5.74, 6) is 1.58. The van der Waals surface area contributed by atoms with Crippen LogP contribution in [0.25, 0.3) is 0 Å². The molecule has 1 aliphatic rings. The maximum atomic E-state index is 5.70. The van der Waals surface area contributed by atoms with Crippen molar-refractivity contribution in [3.8, 4) is 0 Å². The van der Waals surface area contributed by atoms with E-state index in [1.165, 1.54) is 32.1 Å². The van der Waals surface area contributed by atoms with Crippen LogP contribution in [-0.2, 0) is 4.74 Å². The highest BCUT2D eigenvalue weighted by atomic mass is 16.5. The minimum absolute atomic E-state index is 0.728. The molecule has 0 aromatic heterocycles. The van der Waals surface area contributed by atoms with Crippen molar-refractivity contribution in [2.75, 3.05) is 13.2 Å². The van der Waals surface area contributed by atoms with Gasteiger partial charge in [0.2, 0.25) is 0 Å². The van der Waals surface area contributed by atoms with Gasteiger partial charge in [0.1, 0.15) is 0 Å². The second-order valence-electron chi connectivity index (χ2n) is 4.99. The topological polar surface area (TPSA) is 9.23 Å². The van der Waals surface area contributed by atoms with Crippen molar-refractivity contribution in [1.29, 1.82) is 0 Å². The molecule has 0 heterocycles. The molecule has 15 heavy (non-hydrogen) atoms. The summed E-state index contributed by atoms with van der Waals surface area (Å²) in [7, 11) is 0. The van der Waals surface area contributed by atoms with Crippen LogP contribution in [0.3, 0.4) is 0 Å². The molecule has 0 fully saturated rings. The first-order valence-electron chi connectivity index (χ1n) is 6.47. The monoisotopic (exact) mass is 210 g/mol. The summed E-state index contributed by atoms with van der Waals surface area (Å²) in [5.41, 5.74) is 1.57. The third-order valence-corrected chi connectivity index (χ3v) is 3.51. The van der Waals surface area contributed by atoms with Gasteiger partial charge in [0.15, 0.2) is 0 Å². The Labute approximate surface area is 94.9 Å². The first-order valence-corrected chi connectivity index (χ1v) is 6.47. The zero-order valence-electron chi connectivity index (χ0n) is 10.6. The predicted molar refractivity (Wildman–Crippen MR) is 66.0 cm³/mol. The highest BCUT2D eigenvalue weighted by molar-refractivity contribution is 5.03. The summed E-state index contributed by atoms with van der Waals surface area (Å²) in [6.45, 7) is 8.70. The summed E-state index contributed by atoms with van der Waals surface area (Å²) < 4.78 is 5.70. The molecule has 1 nitrogen and oxygen atoms in total. The number of allylic oxidation sites excluding steroid dienone is 2. The largest absolute Gasteiger partial charge is 0.381 e. The van der Waals surface area contributed by atoms with Crippen LogP contribution in [0.5, 0.6) is 0 Å². The minimum Gasteiger partial charge on any atom is -0.381 e. The van der Waals surface area contributed by atoms with Gasteiger partial charge in [-0.05, 0) is 44.4 Å². The maximum Gasteiger partial charge on any atom is 0.0494 e. The van der Waals surface area contributed by atoms with Crippen LogP contribution in [0.2, 0.25) is 0 Å². The fourth-order valence-corrected chi connectivity index (χ4v) is 2.15. The molecule has 88 valence electrons. The zero-order chi connectivity index (χ0) is 11.1. The molecule has 2 unspecified atom stereocenters. The molecule has 0 amide bonds. The van der Waals surface area contributed by atoms with Gasteiger partial charge in [-0.15, -0.1) is 0 Å². The van der Waals surface area contributed by atoms with Gasteiger partial charge in [-0.25, -0.2) is 0 Å². The Kier molecular flexibility index (Phi) is 6.00. The normalized spacial score (nSPS) is 23.7. The van der Waals surface area contributed by atoms with Gasteiger partial charge in [0.05, 0.1) is 0 Å². The van der Waals surface area contributed by atoms with E-state index in [0.717, 1.165) is 25.0 Å². The number of rotatable bonds is 6. The van der Waals surface area contributed by atoms with E-state index in [9.17, 15) is 0 Å². The average molecular weight is 210 g/mol. The fourth-order valence-electron chi connectivity index (χ4n) is 2.15.